The van der Waals surface area contributed by atoms with Crippen molar-refractivity contribution < 1.29 is 4.74 Å². The average molecular weight is 142 g/mol. The van der Waals surface area contributed by atoms with Gasteiger partial charge < -0.3 is 15.4 Å². The molecule has 0 spiro atoms. The fourth-order valence-electron chi connectivity index (χ4n) is 1.37. The molecule has 0 saturated carbocycles. The summed E-state index contributed by atoms with van der Waals surface area (Å²) >= 11 is 0. The van der Waals surface area contributed by atoms with E-state index in [0.29, 0.717) is 12.2 Å². The Morgan fingerprint density at radius 2 is 1.80 bits per heavy atom. The quantitative estimate of drug-likeness (QED) is 0.537. The van der Waals surface area contributed by atoms with Crippen LogP contribution in [0.25, 0.3) is 0 Å². The maximum absolute atomic E-state index is 5.72. The highest BCUT2D eigenvalue weighted by Gasteiger charge is 2.23. The lowest BCUT2D eigenvalue weighted by Gasteiger charge is -2.29. The second-order valence-electron chi connectivity index (χ2n) is 3.03. The molecule has 2 aliphatic heterocycles. The Bertz CT molecular complexity index is 108. The van der Waals surface area contributed by atoms with Crippen LogP contribution in [0.3, 0.4) is 0 Å². The molecule has 2 N–H and O–H groups in total. The van der Waals surface area contributed by atoms with E-state index in [1.165, 1.54) is 6.42 Å². The molecule has 2 aliphatic rings. The molecular weight excluding hydrogens is 128 g/mol. The highest BCUT2D eigenvalue weighted by atomic mass is 16.5. The van der Waals surface area contributed by atoms with E-state index in [1.807, 2.05) is 0 Å². The minimum Gasteiger partial charge on any atom is -0.371 e. The smallest absolute Gasteiger partial charge is 0.0828 e. The fraction of sp³-hybridized carbons (Fsp3) is 1.00. The number of nitrogens with one attached hydrogen (secondary N) is 2. The van der Waals surface area contributed by atoms with E-state index >= 15 is 0 Å². The first-order valence-electron chi connectivity index (χ1n) is 4.02. The number of ether oxygens (including phenoxy) is 1. The van der Waals surface area contributed by atoms with Gasteiger partial charge in [-0.25, -0.2) is 0 Å². The van der Waals surface area contributed by atoms with Crippen LogP contribution in [0.1, 0.15) is 6.42 Å². The van der Waals surface area contributed by atoms with Crippen molar-refractivity contribution in [3.05, 3.63) is 0 Å². The van der Waals surface area contributed by atoms with Gasteiger partial charge in [0.05, 0.1) is 12.2 Å². The summed E-state index contributed by atoms with van der Waals surface area (Å²) in [5, 5.41) is 6.47. The Labute approximate surface area is 61.1 Å². The zero-order valence-corrected chi connectivity index (χ0v) is 6.10. The largest absolute Gasteiger partial charge is 0.371 e. The molecule has 2 saturated heterocycles. The van der Waals surface area contributed by atoms with Gasteiger partial charge in [-0.05, 0) is 13.0 Å². The van der Waals surface area contributed by atoms with Gasteiger partial charge in [0.15, 0.2) is 0 Å². The van der Waals surface area contributed by atoms with Crippen molar-refractivity contribution in [2.24, 2.45) is 0 Å². The molecule has 10 heavy (non-hydrogen) atoms. The van der Waals surface area contributed by atoms with Crippen LogP contribution in [-0.2, 0) is 4.74 Å². The highest BCUT2D eigenvalue weighted by molar-refractivity contribution is 4.79. The molecule has 0 bridgehead atoms. The summed E-state index contributed by atoms with van der Waals surface area (Å²) in [5.74, 6) is 0. The minimum absolute atomic E-state index is 0.493. The zero-order valence-electron chi connectivity index (χ0n) is 6.10. The molecule has 2 heterocycles. The Hall–Kier alpha value is -0.120. The topological polar surface area (TPSA) is 33.3 Å². The van der Waals surface area contributed by atoms with Gasteiger partial charge in [-0.1, -0.05) is 0 Å². The number of hydrogen-bond donors (Lipinski definition) is 2. The summed E-state index contributed by atoms with van der Waals surface area (Å²) < 4.78 is 5.72. The van der Waals surface area contributed by atoms with Gasteiger partial charge in [0, 0.05) is 19.6 Å². The van der Waals surface area contributed by atoms with Gasteiger partial charge in [0.25, 0.3) is 0 Å². The van der Waals surface area contributed by atoms with Crippen LogP contribution < -0.4 is 10.6 Å². The van der Waals surface area contributed by atoms with E-state index in [4.69, 9.17) is 4.74 Å². The van der Waals surface area contributed by atoms with Gasteiger partial charge in [-0.2, -0.15) is 0 Å². The summed E-state index contributed by atoms with van der Waals surface area (Å²) in [6.45, 7) is 4.29. The summed E-state index contributed by atoms with van der Waals surface area (Å²) in [6, 6.07) is 0. The highest BCUT2D eigenvalue weighted by Crippen LogP contribution is 2.08. The molecule has 1 atom stereocenters. The molecule has 58 valence electrons. The SMILES string of the molecule is C1CC(OC2CNC2)CN1. The predicted octanol–water partition coefficient (Wildman–Crippen LogP) is -0.663. The van der Waals surface area contributed by atoms with Crippen molar-refractivity contribution in [2.45, 2.75) is 18.6 Å². The van der Waals surface area contributed by atoms with Crippen molar-refractivity contribution in [3.8, 4) is 0 Å². The van der Waals surface area contributed by atoms with Gasteiger partial charge in [-0.3, -0.25) is 0 Å². The molecular formula is C7H14N2O. The molecule has 1 unspecified atom stereocenters. The lowest BCUT2D eigenvalue weighted by molar-refractivity contribution is -0.0276. The van der Waals surface area contributed by atoms with Crippen molar-refractivity contribution in [1.29, 1.82) is 0 Å². The summed E-state index contributed by atoms with van der Waals surface area (Å²) in [6.07, 6.45) is 2.19. The van der Waals surface area contributed by atoms with Crippen LogP contribution in [0.2, 0.25) is 0 Å². The first-order chi connectivity index (χ1) is 4.95. The minimum atomic E-state index is 0.493. The van der Waals surface area contributed by atoms with Crippen molar-refractivity contribution >= 4 is 0 Å². The lowest BCUT2D eigenvalue weighted by atomic mass is 10.2. The maximum atomic E-state index is 5.72. The molecule has 0 aromatic heterocycles. The average Bonchev–Trinajstić information content (AvgIpc) is 2.29. The molecule has 0 amide bonds. The third kappa shape index (κ3) is 1.31. The van der Waals surface area contributed by atoms with E-state index in [9.17, 15) is 0 Å². The van der Waals surface area contributed by atoms with Crippen LogP contribution in [-0.4, -0.2) is 38.4 Å². The van der Waals surface area contributed by atoms with Gasteiger partial charge in [0.2, 0.25) is 0 Å². The van der Waals surface area contributed by atoms with E-state index in [0.717, 1.165) is 26.2 Å². The standard InChI is InChI=1S/C7H14N2O/c1-2-8-3-6(1)10-7-4-9-5-7/h6-9H,1-5H2. The zero-order chi connectivity index (χ0) is 6.81. The molecule has 3 nitrogen and oxygen atoms in total. The monoisotopic (exact) mass is 142 g/mol. The van der Waals surface area contributed by atoms with Crippen LogP contribution in [0, 0.1) is 0 Å². The van der Waals surface area contributed by atoms with Crippen LogP contribution >= 0.6 is 0 Å². The molecule has 0 aliphatic carbocycles. The first-order valence-corrected chi connectivity index (χ1v) is 4.02. The van der Waals surface area contributed by atoms with Crippen molar-refractivity contribution in [1.82, 2.24) is 10.6 Å². The molecule has 2 rings (SSSR count). The molecule has 3 heteroatoms. The summed E-state index contributed by atoms with van der Waals surface area (Å²) in [5.41, 5.74) is 0. The van der Waals surface area contributed by atoms with E-state index in [1.54, 1.807) is 0 Å². The van der Waals surface area contributed by atoms with E-state index in [-0.39, 0.29) is 0 Å². The predicted molar refractivity (Wildman–Crippen MR) is 39.0 cm³/mol. The first kappa shape index (κ1) is 6.58. The Morgan fingerprint density at radius 3 is 2.30 bits per heavy atom. The molecule has 0 radical (unpaired) electrons. The lowest BCUT2D eigenvalue weighted by Crippen LogP contribution is -2.50. The Morgan fingerprint density at radius 1 is 1.00 bits per heavy atom. The summed E-state index contributed by atoms with van der Waals surface area (Å²) in [4.78, 5) is 0. The van der Waals surface area contributed by atoms with Crippen LogP contribution in [0.4, 0.5) is 0 Å². The van der Waals surface area contributed by atoms with Crippen molar-refractivity contribution in [3.63, 3.8) is 0 Å². The van der Waals surface area contributed by atoms with Crippen molar-refractivity contribution in [2.75, 3.05) is 26.2 Å². The van der Waals surface area contributed by atoms with E-state index in [2.05, 4.69) is 10.6 Å². The number of rotatable bonds is 2. The fourth-order valence-corrected chi connectivity index (χ4v) is 1.37. The third-order valence-corrected chi connectivity index (χ3v) is 2.14. The number of hydrogen-bond acceptors (Lipinski definition) is 3. The van der Waals surface area contributed by atoms with E-state index < -0.39 is 0 Å². The molecule has 0 aromatic rings. The maximum Gasteiger partial charge on any atom is 0.0828 e. The van der Waals surface area contributed by atoms with Gasteiger partial charge >= 0.3 is 0 Å². The van der Waals surface area contributed by atoms with Crippen LogP contribution in [0.5, 0.6) is 0 Å². The van der Waals surface area contributed by atoms with Gasteiger partial charge in [0.1, 0.15) is 0 Å². The Balaban J connectivity index is 1.68. The second-order valence-corrected chi connectivity index (χ2v) is 3.03. The molecule has 0 aromatic carbocycles. The Kier molecular flexibility index (Phi) is 1.88. The van der Waals surface area contributed by atoms with Gasteiger partial charge in [-0.15, -0.1) is 0 Å². The molecule has 2 fully saturated rings. The second kappa shape index (κ2) is 2.86. The third-order valence-electron chi connectivity index (χ3n) is 2.14. The van der Waals surface area contributed by atoms with Crippen LogP contribution in [0.15, 0.2) is 0 Å². The normalized spacial score (nSPS) is 34.2. The summed E-state index contributed by atoms with van der Waals surface area (Å²) in [7, 11) is 0.